The molecule has 0 spiro atoms. The van der Waals surface area contributed by atoms with Gasteiger partial charge in [-0.05, 0) is 43.2 Å². The van der Waals surface area contributed by atoms with Crippen molar-refractivity contribution in [1.29, 1.82) is 0 Å². The Hall–Kier alpha value is -2.60. The Bertz CT molecular complexity index is 662. The van der Waals surface area contributed by atoms with E-state index in [1.165, 1.54) is 0 Å². The van der Waals surface area contributed by atoms with Crippen LogP contribution in [-0.2, 0) is 17.9 Å². The van der Waals surface area contributed by atoms with Gasteiger partial charge in [0.05, 0.1) is 5.69 Å². The zero-order chi connectivity index (χ0) is 18.5. The van der Waals surface area contributed by atoms with E-state index in [0.29, 0.717) is 13.2 Å². The summed E-state index contributed by atoms with van der Waals surface area (Å²) in [6.45, 7) is 5.48. The van der Waals surface area contributed by atoms with Crippen LogP contribution >= 0.6 is 0 Å². The molecule has 0 saturated heterocycles. The lowest BCUT2D eigenvalue weighted by Gasteiger charge is -2.13. The van der Waals surface area contributed by atoms with Gasteiger partial charge in [0.1, 0.15) is 12.4 Å². The molecule has 2 aromatic rings. The van der Waals surface area contributed by atoms with E-state index in [1.807, 2.05) is 43.3 Å². The van der Waals surface area contributed by atoms with Crippen LogP contribution in [0, 0.1) is 0 Å². The van der Waals surface area contributed by atoms with Crippen molar-refractivity contribution in [1.82, 2.24) is 15.6 Å². The number of hydrogen-bond donors (Lipinski definition) is 2. The van der Waals surface area contributed by atoms with E-state index in [0.717, 1.165) is 49.1 Å². The molecule has 0 aliphatic carbocycles. The van der Waals surface area contributed by atoms with E-state index in [-0.39, 0.29) is 0 Å². The molecule has 0 radical (unpaired) electrons. The second kappa shape index (κ2) is 11.9. The number of guanidine groups is 1. The van der Waals surface area contributed by atoms with Gasteiger partial charge in [-0.15, -0.1) is 0 Å². The maximum absolute atomic E-state index is 5.82. The van der Waals surface area contributed by atoms with Crippen molar-refractivity contribution in [2.45, 2.75) is 26.5 Å². The quantitative estimate of drug-likeness (QED) is 0.389. The Kier molecular flexibility index (Phi) is 9.00. The van der Waals surface area contributed by atoms with E-state index in [1.54, 1.807) is 13.2 Å². The van der Waals surface area contributed by atoms with Crippen LogP contribution in [0.2, 0.25) is 0 Å². The molecule has 0 bridgehead atoms. The Morgan fingerprint density at radius 1 is 1.15 bits per heavy atom. The molecule has 0 saturated carbocycles. The van der Waals surface area contributed by atoms with Gasteiger partial charge in [0, 0.05) is 39.5 Å². The van der Waals surface area contributed by atoms with Gasteiger partial charge in [-0.3, -0.25) is 9.98 Å². The first-order chi connectivity index (χ1) is 12.8. The molecule has 0 unspecified atom stereocenters. The van der Waals surface area contributed by atoms with Gasteiger partial charge in [-0.2, -0.15) is 0 Å². The van der Waals surface area contributed by atoms with Crippen LogP contribution < -0.4 is 15.4 Å². The zero-order valence-corrected chi connectivity index (χ0v) is 15.6. The number of aliphatic imine (C=N–C) groups is 1. The third kappa shape index (κ3) is 7.53. The average molecular weight is 356 g/mol. The van der Waals surface area contributed by atoms with Crippen molar-refractivity contribution in [2.75, 3.05) is 26.8 Å². The van der Waals surface area contributed by atoms with Crippen LogP contribution in [0.1, 0.15) is 24.6 Å². The SMILES string of the molecule is CCOCCCNC(=NC)NCc1cccc(OCc2ccccn2)c1. The number of nitrogens with zero attached hydrogens (tertiary/aromatic N) is 2. The van der Waals surface area contributed by atoms with Crippen LogP contribution in [-0.4, -0.2) is 37.7 Å². The number of ether oxygens (including phenoxy) is 2. The molecule has 1 aromatic heterocycles. The summed E-state index contributed by atoms with van der Waals surface area (Å²) in [5.74, 6) is 1.61. The molecule has 140 valence electrons. The minimum Gasteiger partial charge on any atom is -0.487 e. The molecular formula is C20H28N4O2. The standard InChI is InChI=1S/C20H28N4O2/c1-3-25-13-7-12-23-20(21-2)24-15-17-8-6-10-19(14-17)26-16-18-9-4-5-11-22-18/h4-6,8-11,14H,3,7,12-13,15-16H2,1-2H3,(H2,21,23,24). The summed E-state index contributed by atoms with van der Waals surface area (Å²) in [7, 11) is 1.77. The molecule has 6 heteroatoms. The summed E-state index contributed by atoms with van der Waals surface area (Å²) >= 11 is 0. The van der Waals surface area contributed by atoms with Crippen LogP contribution in [0.15, 0.2) is 53.7 Å². The van der Waals surface area contributed by atoms with Crippen molar-refractivity contribution in [3.8, 4) is 5.75 Å². The normalized spacial score (nSPS) is 11.2. The first kappa shape index (κ1) is 19.7. The molecule has 26 heavy (non-hydrogen) atoms. The average Bonchev–Trinajstić information content (AvgIpc) is 2.69. The van der Waals surface area contributed by atoms with Crippen molar-refractivity contribution in [2.24, 2.45) is 4.99 Å². The Morgan fingerprint density at radius 3 is 2.85 bits per heavy atom. The Labute approximate surface area is 155 Å². The predicted molar refractivity (Wildman–Crippen MR) is 104 cm³/mol. The van der Waals surface area contributed by atoms with Gasteiger partial charge in [0.25, 0.3) is 0 Å². The van der Waals surface area contributed by atoms with Gasteiger partial charge in [-0.1, -0.05) is 18.2 Å². The third-order valence-corrected chi connectivity index (χ3v) is 3.66. The Morgan fingerprint density at radius 2 is 2.08 bits per heavy atom. The number of rotatable bonds is 10. The van der Waals surface area contributed by atoms with Crippen LogP contribution in [0.5, 0.6) is 5.75 Å². The minimum absolute atomic E-state index is 0.459. The maximum Gasteiger partial charge on any atom is 0.191 e. The van der Waals surface area contributed by atoms with Crippen LogP contribution in [0.25, 0.3) is 0 Å². The number of benzene rings is 1. The van der Waals surface area contributed by atoms with Gasteiger partial charge in [-0.25, -0.2) is 0 Å². The van der Waals surface area contributed by atoms with Gasteiger partial charge < -0.3 is 20.1 Å². The second-order valence-electron chi connectivity index (χ2n) is 5.66. The summed E-state index contributed by atoms with van der Waals surface area (Å²) in [6, 6.07) is 13.8. The summed E-state index contributed by atoms with van der Waals surface area (Å²) < 4.78 is 11.1. The maximum atomic E-state index is 5.82. The fourth-order valence-electron chi connectivity index (χ4n) is 2.32. The lowest BCUT2D eigenvalue weighted by Crippen LogP contribution is -2.37. The molecule has 1 aromatic carbocycles. The molecule has 0 aliphatic heterocycles. The molecule has 0 aliphatic rings. The van der Waals surface area contributed by atoms with E-state index >= 15 is 0 Å². The summed E-state index contributed by atoms with van der Waals surface area (Å²) in [6.07, 6.45) is 2.72. The molecule has 2 N–H and O–H groups in total. The predicted octanol–water partition coefficient (Wildman–Crippen LogP) is 2.75. The molecule has 0 atom stereocenters. The smallest absolute Gasteiger partial charge is 0.191 e. The van der Waals surface area contributed by atoms with Crippen molar-refractivity contribution >= 4 is 5.96 Å². The molecule has 1 heterocycles. The molecule has 6 nitrogen and oxygen atoms in total. The molecular weight excluding hydrogens is 328 g/mol. The van der Waals surface area contributed by atoms with Crippen LogP contribution in [0.4, 0.5) is 0 Å². The minimum atomic E-state index is 0.459. The van der Waals surface area contributed by atoms with Crippen molar-refractivity contribution in [3.63, 3.8) is 0 Å². The number of aromatic nitrogens is 1. The first-order valence-electron chi connectivity index (χ1n) is 8.95. The summed E-state index contributed by atoms with van der Waals surface area (Å²) in [5.41, 5.74) is 2.04. The highest BCUT2D eigenvalue weighted by molar-refractivity contribution is 5.79. The Balaban J connectivity index is 1.76. The summed E-state index contributed by atoms with van der Waals surface area (Å²) in [4.78, 5) is 8.50. The highest BCUT2D eigenvalue weighted by atomic mass is 16.5. The lowest BCUT2D eigenvalue weighted by molar-refractivity contribution is 0.145. The second-order valence-corrected chi connectivity index (χ2v) is 5.66. The van der Waals surface area contributed by atoms with E-state index in [9.17, 15) is 0 Å². The van der Waals surface area contributed by atoms with E-state index in [4.69, 9.17) is 9.47 Å². The zero-order valence-electron chi connectivity index (χ0n) is 15.6. The van der Waals surface area contributed by atoms with Gasteiger partial charge in [0.15, 0.2) is 5.96 Å². The van der Waals surface area contributed by atoms with Crippen molar-refractivity contribution in [3.05, 3.63) is 59.9 Å². The van der Waals surface area contributed by atoms with Gasteiger partial charge >= 0.3 is 0 Å². The summed E-state index contributed by atoms with van der Waals surface area (Å²) in [5, 5.41) is 6.59. The lowest BCUT2D eigenvalue weighted by atomic mass is 10.2. The van der Waals surface area contributed by atoms with Crippen LogP contribution in [0.3, 0.4) is 0 Å². The third-order valence-electron chi connectivity index (χ3n) is 3.66. The van der Waals surface area contributed by atoms with E-state index in [2.05, 4.69) is 26.7 Å². The van der Waals surface area contributed by atoms with Crippen molar-refractivity contribution < 1.29 is 9.47 Å². The topological polar surface area (TPSA) is 67.8 Å². The fourth-order valence-corrected chi connectivity index (χ4v) is 2.32. The highest BCUT2D eigenvalue weighted by Crippen LogP contribution is 2.14. The molecule has 2 rings (SSSR count). The molecule has 0 amide bonds. The highest BCUT2D eigenvalue weighted by Gasteiger charge is 2.01. The largest absolute Gasteiger partial charge is 0.487 e. The van der Waals surface area contributed by atoms with E-state index < -0.39 is 0 Å². The first-order valence-corrected chi connectivity index (χ1v) is 8.95. The number of nitrogens with one attached hydrogen (secondary N) is 2. The van der Waals surface area contributed by atoms with Gasteiger partial charge in [0.2, 0.25) is 0 Å². The monoisotopic (exact) mass is 356 g/mol. The fraction of sp³-hybridized carbons (Fsp3) is 0.400. The molecule has 0 fully saturated rings. The number of hydrogen-bond acceptors (Lipinski definition) is 4. The number of pyridine rings is 1.